The minimum absolute atomic E-state index is 0.0204. The average Bonchev–Trinajstić information content (AvgIpc) is 3.47. The van der Waals surface area contributed by atoms with E-state index in [4.69, 9.17) is 23.2 Å². The molecule has 1 aliphatic rings. The van der Waals surface area contributed by atoms with Crippen LogP contribution in [0.2, 0.25) is 10.0 Å². The van der Waals surface area contributed by atoms with Crippen LogP contribution in [0.5, 0.6) is 0 Å². The zero-order chi connectivity index (χ0) is 21.1. The number of carbonyl (C=O) groups excluding carboxylic acids is 1. The summed E-state index contributed by atoms with van der Waals surface area (Å²) in [4.78, 5) is 13.0. The first-order chi connectivity index (χ1) is 14.6. The quantitative estimate of drug-likeness (QED) is 0.355. The number of nitrogens with zero attached hydrogens (tertiary/aromatic N) is 3. The van der Waals surface area contributed by atoms with Gasteiger partial charge in [-0.3, -0.25) is 9.36 Å². The number of aromatic nitrogens is 3. The number of carbonyl (C=O) groups is 1. The summed E-state index contributed by atoms with van der Waals surface area (Å²) in [5.74, 6) is 0.585. The number of hydrogen-bond donors (Lipinski definition) is 1. The van der Waals surface area contributed by atoms with E-state index in [0.717, 1.165) is 24.0 Å². The van der Waals surface area contributed by atoms with Crippen molar-refractivity contribution in [2.24, 2.45) is 0 Å². The molecule has 1 aromatic heterocycles. The lowest BCUT2D eigenvalue weighted by Crippen LogP contribution is -2.30. The third-order valence-corrected chi connectivity index (χ3v) is 6.47. The number of allylic oxidation sites excluding steroid dienone is 1. The first kappa shape index (κ1) is 21.0. The van der Waals surface area contributed by atoms with Crippen molar-refractivity contribution in [3.8, 4) is 11.4 Å². The molecule has 1 unspecified atom stereocenters. The van der Waals surface area contributed by atoms with Crippen LogP contribution in [0.1, 0.15) is 23.7 Å². The highest BCUT2D eigenvalue weighted by atomic mass is 35.5. The minimum Gasteiger partial charge on any atom is -0.352 e. The van der Waals surface area contributed by atoms with E-state index in [9.17, 15) is 4.79 Å². The van der Waals surface area contributed by atoms with Crippen molar-refractivity contribution >= 4 is 40.9 Å². The van der Waals surface area contributed by atoms with Gasteiger partial charge in [-0.1, -0.05) is 71.4 Å². The summed E-state index contributed by atoms with van der Waals surface area (Å²) in [7, 11) is 0. The molecule has 0 spiro atoms. The molecule has 1 amide bonds. The van der Waals surface area contributed by atoms with Gasteiger partial charge in [-0.25, -0.2) is 0 Å². The summed E-state index contributed by atoms with van der Waals surface area (Å²) in [6.07, 6.45) is 3.83. The summed E-state index contributed by atoms with van der Waals surface area (Å²) in [5, 5.41) is 13.1. The topological polar surface area (TPSA) is 59.8 Å². The minimum atomic E-state index is -0.437. The molecule has 1 heterocycles. The lowest BCUT2D eigenvalue weighted by atomic mass is 10.1. The zero-order valence-electron chi connectivity index (χ0n) is 16.1. The fourth-order valence-electron chi connectivity index (χ4n) is 3.05. The monoisotopic (exact) mass is 458 g/mol. The van der Waals surface area contributed by atoms with Crippen LogP contribution in [0, 0.1) is 0 Å². The lowest BCUT2D eigenvalue weighted by Gasteiger charge is -2.17. The summed E-state index contributed by atoms with van der Waals surface area (Å²) >= 11 is 13.8. The molecule has 0 aliphatic heterocycles. The molecule has 1 aliphatic carbocycles. The van der Waals surface area contributed by atoms with Gasteiger partial charge in [0.1, 0.15) is 5.25 Å². The molecule has 8 heteroatoms. The first-order valence-electron chi connectivity index (χ1n) is 9.58. The van der Waals surface area contributed by atoms with Gasteiger partial charge in [0, 0.05) is 23.2 Å². The molecule has 3 aromatic rings. The molecule has 1 N–H and O–H groups in total. The van der Waals surface area contributed by atoms with Crippen LogP contribution < -0.4 is 5.32 Å². The highest BCUT2D eigenvalue weighted by Gasteiger charge is 2.30. The highest BCUT2D eigenvalue weighted by Crippen LogP contribution is 2.38. The Morgan fingerprint density at radius 1 is 1.23 bits per heavy atom. The van der Waals surface area contributed by atoms with E-state index in [2.05, 4.69) is 22.1 Å². The van der Waals surface area contributed by atoms with E-state index < -0.39 is 5.25 Å². The maximum atomic E-state index is 13.0. The Hall–Kier alpha value is -2.28. The van der Waals surface area contributed by atoms with Crippen LogP contribution in [-0.2, 0) is 11.3 Å². The molecule has 5 nitrogen and oxygen atoms in total. The summed E-state index contributed by atoms with van der Waals surface area (Å²) < 4.78 is 1.91. The highest BCUT2D eigenvalue weighted by molar-refractivity contribution is 8.00. The fraction of sp³-hybridized carbons (Fsp3) is 0.227. The van der Waals surface area contributed by atoms with E-state index in [1.807, 2.05) is 41.0 Å². The molecule has 30 heavy (non-hydrogen) atoms. The van der Waals surface area contributed by atoms with E-state index >= 15 is 0 Å². The molecule has 4 rings (SSSR count). The number of hydrogen-bond acceptors (Lipinski definition) is 4. The number of benzene rings is 2. The van der Waals surface area contributed by atoms with Crippen molar-refractivity contribution in [2.75, 3.05) is 0 Å². The second kappa shape index (κ2) is 9.25. The van der Waals surface area contributed by atoms with Crippen LogP contribution in [0.3, 0.4) is 0 Å². The van der Waals surface area contributed by atoms with Gasteiger partial charge in [0.2, 0.25) is 5.91 Å². The normalized spacial score (nSPS) is 14.3. The average molecular weight is 459 g/mol. The SMILES string of the molecule is C=CCn1c(SC(C(=O)NC2CC2)c2ccccc2)nnc1-c1ccc(Cl)cc1Cl. The maximum Gasteiger partial charge on any atom is 0.238 e. The van der Waals surface area contributed by atoms with Gasteiger partial charge in [0.25, 0.3) is 0 Å². The van der Waals surface area contributed by atoms with E-state index in [1.54, 1.807) is 18.2 Å². The summed E-state index contributed by atoms with van der Waals surface area (Å²) in [6.45, 7) is 4.33. The second-order valence-corrected chi connectivity index (χ2v) is 8.94. The van der Waals surface area contributed by atoms with E-state index in [0.29, 0.717) is 27.6 Å². The largest absolute Gasteiger partial charge is 0.352 e. The Bertz CT molecular complexity index is 1070. The molecule has 0 saturated heterocycles. The summed E-state index contributed by atoms with van der Waals surface area (Å²) in [6, 6.07) is 15.2. The van der Waals surface area contributed by atoms with Gasteiger partial charge in [0.05, 0.1) is 5.02 Å². The fourth-order valence-corrected chi connectivity index (χ4v) is 4.60. The van der Waals surface area contributed by atoms with Gasteiger partial charge in [-0.2, -0.15) is 0 Å². The van der Waals surface area contributed by atoms with Gasteiger partial charge in [0.15, 0.2) is 11.0 Å². The van der Waals surface area contributed by atoms with Crippen molar-refractivity contribution in [1.29, 1.82) is 0 Å². The Labute approximate surface area is 189 Å². The van der Waals surface area contributed by atoms with Crippen molar-refractivity contribution in [1.82, 2.24) is 20.1 Å². The molecule has 2 aromatic carbocycles. The third kappa shape index (κ3) is 4.72. The molecular weight excluding hydrogens is 439 g/mol. The molecule has 1 atom stereocenters. The van der Waals surface area contributed by atoms with Crippen LogP contribution in [-0.4, -0.2) is 26.7 Å². The maximum absolute atomic E-state index is 13.0. The van der Waals surface area contributed by atoms with Crippen LogP contribution in [0.4, 0.5) is 0 Å². The molecular formula is C22H20Cl2N4OS. The van der Waals surface area contributed by atoms with Crippen molar-refractivity contribution in [2.45, 2.75) is 35.8 Å². The number of halogens is 2. The standard InChI is InChI=1S/C22H20Cl2N4OS/c1-2-12-28-20(17-11-8-15(23)13-18(17)24)26-27-22(28)30-19(14-6-4-3-5-7-14)21(29)25-16-9-10-16/h2-8,11,13,16,19H,1,9-10,12H2,(H,25,29). The smallest absolute Gasteiger partial charge is 0.238 e. The molecule has 0 radical (unpaired) electrons. The first-order valence-corrected chi connectivity index (χ1v) is 11.2. The second-order valence-electron chi connectivity index (χ2n) is 7.02. The zero-order valence-corrected chi connectivity index (χ0v) is 18.4. The number of thioether (sulfide) groups is 1. The Balaban J connectivity index is 1.70. The molecule has 0 bridgehead atoms. The van der Waals surface area contributed by atoms with E-state index in [1.165, 1.54) is 11.8 Å². The van der Waals surface area contributed by atoms with Crippen LogP contribution >= 0.6 is 35.0 Å². The predicted octanol–water partition coefficient (Wildman–Crippen LogP) is 5.55. The van der Waals surface area contributed by atoms with Crippen LogP contribution in [0.25, 0.3) is 11.4 Å². The van der Waals surface area contributed by atoms with Gasteiger partial charge in [-0.05, 0) is 36.6 Å². The van der Waals surface area contributed by atoms with Crippen molar-refractivity contribution in [3.05, 3.63) is 76.8 Å². The summed E-state index contributed by atoms with van der Waals surface area (Å²) in [5.41, 5.74) is 1.64. The van der Waals surface area contributed by atoms with Gasteiger partial charge < -0.3 is 5.32 Å². The predicted molar refractivity (Wildman–Crippen MR) is 122 cm³/mol. The van der Waals surface area contributed by atoms with Crippen molar-refractivity contribution < 1.29 is 4.79 Å². The van der Waals surface area contributed by atoms with Gasteiger partial charge in [-0.15, -0.1) is 16.8 Å². The Morgan fingerprint density at radius 2 is 2.00 bits per heavy atom. The van der Waals surface area contributed by atoms with Gasteiger partial charge >= 0.3 is 0 Å². The van der Waals surface area contributed by atoms with Crippen LogP contribution in [0.15, 0.2) is 66.3 Å². The van der Waals surface area contributed by atoms with E-state index in [-0.39, 0.29) is 11.9 Å². The lowest BCUT2D eigenvalue weighted by molar-refractivity contribution is -0.120. The molecule has 154 valence electrons. The molecule has 1 fully saturated rings. The Kier molecular flexibility index (Phi) is 6.46. The third-order valence-electron chi connectivity index (χ3n) is 4.69. The number of rotatable bonds is 8. The number of nitrogens with one attached hydrogen (secondary N) is 1. The molecule has 1 saturated carbocycles. The Morgan fingerprint density at radius 3 is 2.67 bits per heavy atom. The van der Waals surface area contributed by atoms with Crippen molar-refractivity contribution in [3.63, 3.8) is 0 Å². The number of amides is 1.